The molecule has 11 nitrogen and oxygen atoms in total. The number of aliphatic hydroxyl groups excluding tert-OH is 2. The number of nitrogens with zero attached hydrogens (tertiary/aromatic N) is 1. The number of aliphatic hydroxyl groups is 2. The van der Waals surface area contributed by atoms with E-state index >= 15 is 0 Å². The molecular formula is C30H29NO10S2. The Labute approximate surface area is 254 Å². The van der Waals surface area contributed by atoms with Gasteiger partial charge in [-0.2, -0.15) is 0 Å². The van der Waals surface area contributed by atoms with Crippen LogP contribution in [0.5, 0.6) is 17.2 Å². The number of fused-ring (bicyclic) bond motifs is 5. The average Bonchev–Trinajstić information content (AvgIpc) is 3.50. The maximum Gasteiger partial charge on any atom is 0.308 e. The Morgan fingerprint density at radius 2 is 1.86 bits per heavy atom. The monoisotopic (exact) mass is 627 g/mol. The Balaban J connectivity index is 1.60. The van der Waals surface area contributed by atoms with Gasteiger partial charge in [0, 0.05) is 52.6 Å². The van der Waals surface area contributed by atoms with Crippen molar-refractivity contribution in [1.29, 1.82) is 0 Å². The normalized spacial score (nSPS) is 28.4. The predicted molar refractivity (Wildman–Crippen MR) is 158 cm³/mol. The highest BCUT2D eigenvalue weighted by atomic mass is 33.1. The van der Waals surface area contributed by atoms with Crippen LogP contribution in [0.4, 0.5) is 0 Å². The van der Waals surface area contributed by atoms with Gasteiger partial charge in [0.25, 0.3) is 0 Å². The van der Waals surface area contributed by atoms with E-state index in [2.05, 4.69) is 4.99 Å². The predicted octanol–water partition coefficient (Wildman–Crippen LogP) is 3.08. The molecular weight excluding hydrogens is 598 g/mol. The number of ketones is 2. The second-order valence-electron chi connectivity index (χ2n) is 10.6. The number of esters is 1. The first-order chi connectivity index (χ1) is 20.6. The zero-order valence-electron chi connectivity index (χ0n) is 23.4. The summed E-state index contributed by atoms with van der Waals surface area (Å²) >= 11 is 0. The van der Waals surface area contributed by atoms with Gasteiger partial charge >= 0.3 is 5.97 Å². The number of phenols is 1. The number of ether oxygens (including phenoxy) is 4. The summed E-state index contributed by atoms with van der Waals surface area (Å²) in [7, 11) is 2.82. The van der Waals surface area contributed by atoms with Gasteiger partial charge in [-0.05, 0) is 37.6 Å². The number of hydrogen-bond acceptors (Lipinski definition) is 13. The van der Waals surface area contributed by atoms with Crippen LogP contribution in [0.25, 0.3) is 0 Å². The molecule has 0 spiro atoms. The molecule has 1 saturated heterocycles. The third kappa shape index (κ3) is 5.17. The van der Waals surface area contributed by atoms with Gasteiger partial charge in [-0.25, -0.2) is 0 Å². The van der Waals surface area contributed by atoms with E-state index in [0.717, 1.165) is 5.57 Å². The molecule has 1 aliphatic carbocycles. The molecule has 3 aliphatic heterocycles. The molecule has 13 heteroatoms. The summed E-state index contributed by atoms with van der Waals surface area (Å²) in [5.41, 5.74) is 1.27. The Morgan fingerprint density at radius 1 is 1.09 bits per heavy atom. The smallest absolute Gasteiger partial charge is 0.308 e. The highest BCUT2D eigenvalue weighted by molar-refractivity contribution is 8.76. The molecule has 3 N–H and O–H groups in total. The van der Waals surface area contributed by atoms with Gasteiger partial charge in [0.2, 0.25) is 6.29 Å². The molecule has 0 radical (unpaired) electrons. The number of rotatable bonds is 2. The van der Waals surface area contributed by atoms with Gasteiger partial charge in [0.15, 0.2) is 11.6 Å². The van der Waals surface area contributed by atoms with Gasteiger partial charge in [-0.3, -0.25) is 19.4 Å². The zero-order chi connectivity index (χ0) is 30.6. The minimum Gasteiger partial charge on any atom is -0.507 e. The van der Waals surface area contributed by atoms with Gasteiger partial charge in [-0.1, -0.05) is 27.7 Å². The second-order valence-corrected chi connectivity index (χ2v) is 13.1. The van der Waals surface area contributed by atoms with Gasteiger partial charge in [-0.15, -0.1) is 0 Å². The Hall–Kier alpha value is -3.20. The lowest BCUT2D eigenvalue weighted by Crippen LogP contribution is -2.59. The van der Waals surface area contributed by atoms with Crippen molar-refractivity contribution in [3.63, 3.8) is 0 Å². The van der Waals surface area contributed by atoms with Crippen LogP contribution in [-0.2, 0) is 14.3 Å². The summed E-state index contributed by atoms with van der Waals surface area (Å²) in [6.45, 7) is 4.84. The number of hydrogen-bond donors (Lipinski definition) is 3. The fraction of sp³-hybridized carbons (Fsp3) is 0.400. The van der Waals surface area contributed by atoms with Crippen molar-refractivity contribution in [2.45, 2.75) is 57.4 Å². The number of benzene rings is 2. The molecule has 6 atom stereocenters. The van der Waals surface area contributed by atoms with Crippen LogP contribution in [0.1, 0.15) is 62.7 Å². The van der Waals surface area contributed by atoms with Gasteiger partial charge in [0.1, 0.15) is 41.5 Å². The average molecular weight is 628 g/mol. The summed E-state index contributed by atoms with van der Waals surface area (Å²) in [4.78, 5) is 44.3. The van der Waals surface area contributed by atoms with Crippen molar-refractivity contribution in [3.05, 3.63) is 63.2 Å². The maximum absolute atomic E-state index is 14.4. The largest absolute Gasteiger partial charge is 0.507 e. The summed E-state index contributed by atoms with van der Waals surface area (Å²) in [5.74, 6) is -1.87. The van der Waals surface area contributed by atoms with Crippen LogP contribution in [0.15, 0.2) is 34.8 Å². The first kappa shape index (κ1) is 29.9. The van der Waals surface area contributed by atoms with Crippen LogP contribution < -0.4 is 9.47 Å². The van der Waals surface area contributed by atoms with E-state index in [1.54, 1.807) is 20.1 Å². The van der Waals surface area contributed by atoms with Crippen LogP contribution in [0.2, 0.25) is 0 Å². The second kappa shape index (κ2) is 11.7. The minimum absolute atomic E-state index is 0.0214. The highest BCUT2D eigenvalue weighted by Crippen LogP contribution is 2.50. The molecule has 4 aliphatic rings. The van der Waals surface area contributed by atoms with Gasteiger partial charge in [0.05, 0.1) is 18.2 Å². The van der Waals surface area contributed by atoms with E-state index in [4.69, 9.17) is 18.9 Å². The number of aromatic hydroxyl groups is 1. The number of carbonyl (C=O) groups is 3. The number of carbonyl (C=O) groups excluding carboxylic acids is 3. The Kier molecular flexibility index (Phi) is 8.13. The van der Waals surface area contributed by atoms with Crippen LogP contribution in [0.3, 0.4) is 0 Å². The molecule has 2 aromatic rings. The van der Waals surface area contributed by atoms with Crippen molar-refractivity contribution >= 4 is 45.3 Å². The lowest BCUT2D eigenvalue weighted by atomic mass is 9.76. The standard InChI is InChI=1S/C30H29NO10S2/c1-12-23(33)22-21(26(36)18-8-16(40-14(3)32)4-5-17(18)25(22)35)20-19(15-6-7-31-9-15)10-42-43-11-38-29-27(37)24(34)13(2)39-30(29)41-28(12)20/h4-6,8-9,13,19,24,27,29-30,33-34,37H,7,10-11H2,1-3H3/t13-,19-,24+,27+,29+,30+/m0/s1. The van der Waals surface area contributed by atoms with Crippen molar-refractivity contribution in [2.24, 2.45) is 4.99 Å². The molecule has 0 bridgehead atoms. The van der Waals surface area contributed by atoms with Crippen molar-refractivity contribution in [3.8, 4) is 17.2 Å². The Bertz CT molecular complexity index is 1590. The topological polar surface area (TPSA) is 161 Å². The summed E-state index contributed by atoms with van der Waals surface area (Å²) in [6, 6.07) is 4.17. The maximum atomic E-state index is 14.4. The minimum atomic E-state index is -1.34. The van der Waals surface area contributed by atoms with E-state index in [0.29, 0.717) is 17.9 Å². The van der Waals surface area contributed by atoms with Crippen molar-refractivity contribution in [2.75, 3.05) is 18.2 Å². The third-order valence-electron chi connectivity index (χ3n) is 7.96. The molecule has 0 amide bonds. The quantitative estimate of drug-likeness (QED) is 0.217. The third-order valence-corrected chi connectivity index (χ3v) is 10.0. The lowest BCUT2D eigenvalue weighted by Gasteiger charge is -2.41. The Morgan fingerprint density at radius 3 is 2.58 bits per heavy atom. The summed E-state index contributed by atoms with van der Waals surface area (Å²) in [6.07, 6.45) is -2.08. The van der Waals surface area contributed by atoms with E-state index in [1.807, 2.05) is 6.08 Å². The zero-order valence-corrected chi connectivity index (χ0v) is 25.1. The molecule has 0 unspecified atom stereocenters. The van der Waals surface area contributed by atoms with E-state index in [9.17, 15) is 29.7 Å². The highest BCUT2D eigenvalue weighted by Gasteiger charge is 2.47. The SMILES string of the molecule is CC(=O)Oc1ccc2c(c1)C(=O)c1c(c(O)c(C)c3c1[C@H](C1=CCN=C1)CSSCO[C@H]1[C@@H](O3)O[C@@H](C)[C@@H](O)[C@H]1O)C2=O. The van der Waals surface area contributed by atoms with Gasteiger partial charge < -0.3 is 34.3 Å². The molecule has 6 rings (SSSR count). The van der Waals surface area contributed by atoms with E-state index in [1.165, 1.54) is 46.7 Å². The lowest BCUT2D eigenvalue weighted by molar-refractivity contribution is -0.275. The molecule has 2 aromatic carbocycles. The van der Waals surface area contributed by atoms with E-state index < -0.39 is 59.9 Å². The fourth-order valence-corrected chi connectivity index (χ4v) is 7.75. The first-order valence-electron chi connectivity index (χ1n) is 13.6. The summed E-state index contributed by atoms with van der Waals surface area (Å²) in [5, 5.41) is 32.9. The van der Waals surface area contributed by atoms with Crippen LogP contribution in [-0.4, -0.2) is 88.0 Å². The molecule has 43 heavy (non-hydrogen) atoms. The van der Waals surface area contributed by atoms with Crippen LogP contribution in [0, 0.1) is 6.92 Å². The molecule has 1 fully saturated rings. The number of phenolic OH excluding ortho intramolecular Hbond substituents is 1. The molecule has 0 saturated carbocycles. The molecule has 226 valence electrons. The first-order valence-corrected chi connectivity index (χ1v) is 16.1. The van der Waals surface area contributed by atoms with Crippen LogP contribution >= 0.6 is 21.6 Å². The summed E-state index contributed by atoms with van der Waals surface area (Å²) < 4.78 is 23.5. The number of aliphatic imine (C=N–C) groups is 1. The van der Waals surface area contributed by atoms with E-state index in [-0.39, 0.29) is 45.3 Å². The molecule has 0 aromatic heterocycles. The fourth-order valence-electron chi connectivity index (χ4n) is 5.81. The van der Waals surface area contributed by atoms with Crippen molar-refractivity contribution < 1.29 is 48.7 Å². The molecule has 3 heterocycles. The van der Waals surface area contributed by atoms with Crippen molar-refractivity contribution in [1.82, 2.24) is 0 Å². The number of allylic oxidation sites excluding steroid dienone is 1.